The van der Waals surface area contributed by atoms with Crippen molar-refractivity contribution in [3.05, 3.63) is 93.5 Å². The lowest BCUT2D eigenvalue weighted by molar-refractivity contribution is -0.139. The van der Waals surface area contributed by atoms with E-state index in [4.69, 9.17) is 4.74 Å². The zero-order chi connectivity index (χ0) is 26.9. The topological polar surface area (TPSA) is 75.6 Å². The molecule has 1 saturated carbocycles. The van der Waals surface area contributed by atoms with Crippen LogP contribution >= 0.6 is 0 Å². The van der Waals surface area contributed by atoms with Crippen LogP contribution in [-0.4, -0.2) is 23.6 Å². The van der Waals surface area contributed by atoms with Gasteiger partial charge in [-0.3, -0.25) is 9.59 Å². The molecule has 194 valence electrons. The summed E-state index contributed by atoms with van der Waals surface area (Å²) in [7, 11) is 0. The number of hydrogen-bond acceptors (Lipinski definition) is 3. The van der Waals surface area contributed by atoms with E-state index in [-0.39, 0.29) is 17.2 Å². The van der Waals surface area contributed by atoms with Crippen LogP contribution in [0.15, 0.2) is 54.6 Å². The van der Waals surface area contributed by atoms with E-state index in [0.717, 1.165) is 17.2 Å². The maximum Gasteiger partial charge on any atom is 0.418 e. The average molecular weight is 512 g/mol. The molecule has 0 heterocycles. The second-order valence-electron chi connectivity index (χ2n) is 9.45. The monoisotopic (exact) mass is 511 g/mol. The molecular formula is C29H28F3NO4. The number of hydrogen-bond donors (Lipinski definition) is 2. The molecule has 4 rings (SSSR count). The predicted octanol–water partition coefficient (Wildman–Crippen LogP) is 6.69. The number of carboxylic acid groups (broad SMARTS) is 1. The van der Waals surface area contributed by atoms with Crippen LogP contribution in [0.25, 0.3) is 0 Å². The van der Waals surface area contributed by atoms with E-state index in [1.165, 1.54) is 12.1 Å². The van der Waals surface area contributed by atoms with Gasteiger partial charge in [-0.2, -0.15) is 13.2 Å². The first-order chi connectivity index (χ1) is 17.5. The lowest BCUT2D eigenvalue weighted by atomic mass is 9.97. The normalized spacial score (nSPS) is 16.8. The van der Waals surface area contributed by atoms with Crippen molar-refractivity contribution in [1.82, 2.24) is 0 Å². The predicted molar refractivity (Wildman–Crippen MR) is 134 cm³/mol. The van der Waals surface area contributed by atoms with E-state index < -0.39 is 29.5 Å². The Morgan fingerprint density at radius 2 is 1.73 bits per heavy atom. The molecule has 3 aromatic rings. The van der Waals surface area contributed by atoms with Gasteiger partial charge in [-0.1, -0.05) is 36.4 Å². The van der Waals surface area contributed by atoms with Crippen molar-refractivity contribution < 1.29 is 32.6 Å². The molecule has 2 N–H and O–H groups in total. The molecule has 1 fully saturated rings. The molecule has 1 aliphatic carbocycles. The maximum atomic E-state index is 13.7. The highest BCUT2D eigenvalue weighted by molar-refractivity contribution is 6.06. The van der Waals surface area contributed by atoms with Gasteiger partial charge < -0.3 is 15.2 Å². The van der Waals surface area contributed by atoms with E-state index in [2.05, 4.69) is 5.32 Å². The summed E-state index contributed by atoms with van der Waals surface area (Å²) in [4.78, 5) is 24.4. The number of aliphatic carboxylic acids is 1. The average Bonchev–Trinajstić information content (AvgIpc) is 3.65. The molecule has 0 bridgehead atoms. The minimum Gasteiger partial charge on any atom is -0.493 e. The minimum absolute atomic E-state index is 0.249. The van der Waals surface area contributed by atoms with E-state index in [1.807, 2.05) is 37.3 Å². The fourth-order valence-electron chi connectivity index (χ4n) is 4.60. The molecule has 1 amide bonds. The Bertz CT molecular complexity index is 1340. The van der Waals surface area contributed by atoms with E-state index in [9.17, 15) is 27.9 Å². The molecule has 37 heavy (non-hydrogen) atoms. The van der Waals surface area contributed by atoms with Gasteiger partial charge in [0.25, 0.3) is 5.91 Å². The van der Waals surface area contributed by atoms with Crippen LogP contribution < -0.4 is 10.1 Å². The molecule has 0 aliphatic heterocycles. The lowest BCUT2D eigenvalue weighted by Crippen LogP contribution is -2.19. The number of carbonyl (C=O) groups is 2. The van der Waals surface area contributed by atoms with Crippen LogP contribution in [0.5, 0.6) is 5.75 Å². The van der Waals surface area contributed by atoms with Gasteiger partial charge in [0.1, 0.15) is 5.75 Å². The number of halogens is 3. The number of rotatable bonds is 8. The molecule has 0 aromatic heterocycles. The van der Waals surface area contributed by atoms with Gasteiger partial charge in [-0.05, 0) is 79.1 Å². The minimum atomic E-state index is -4.69. The summed E-state index contributed by atoms with van der Waals surface area (Å²) in [6.45, 7) is 5.78. The van der Waals surface area contributed by atoms with Gasteiger partial charge in [0.2, 0.25) is 0 Å². The maximum absolute atomic E-state index is 13.7. The Hall–Kier alpha value is -3.81. The van der Waals surface area contributed by atoms with E-state index in [0.29, 0.717) is 41.9 Å². The third-order valence-electron chi connectivity index (χ3n) is 6.88. The number of aryl methyl sites for hydroxylation is 1. The fraction of sp³-hybridized carbons (Fsp3) is 0.310. The zero-order valence-corrected chi connectivity index (χ0v) is 20.8. The molecule has 0 radical (unpaired) electrons. The fourth-order valence-corrected chi connectivity index (χ4v) is 4.60. The highest BCUT2D eigenvalue weighted by Gasteiger charge is 2.45. The Balaban J connectivity index is 1.56. The molecule has 2 atom stereocenters. The molecule has 3 aromatic carbocycles. The van der Waals surface area contributed by atoms with Crippen molar-refractivity contribution in [3.8, 4) is 5.75 Å². The molecular weight excluding hydrogens is 483 g/mol. The van der Waals surface area contributed by atoms with Gasteiger partial charge >= 0.3 is 12.1 Å². The summed E-state index contributed by atoms with van der Waals surface area (Å²) >= 11 is 0. The number of amides is 1. The van der Waals surface area contributed by atoms with Crippen molar-refractivity contribution in [1.29, 1.82) is 0 Å². The van der Waals surface area contributed by atoms with Crippen molar-refractivity contribution in [3.63, 3.8) is 0 Å². The number of carboxylic acids is 1. The van der Waals surface area contributed by atoms with Crippen LogP contribution in [0.1, 0.15) is 56.1 Å². The van der Waals surface area contributed by atoms with Gasteiger partial charge in [-0.15, -0.1) is 0 Å². The second-order valence-corrected chi connectivity index (χ2v) is 9.45. The van der Waals surface area contributed by atoms with Gasteiger partial charge in [0.15, 0.2) is 0 Å². The zero-order valence-electron chi connectivity index (χ0n) is 20.8. The summed E-state index contributed by atoms with van der Waals surface area (Å²) in [5.41, 5.74) is 2.53. The quantitative estimate of drug-likeness (QED) is 0.353. The largest absolute Gasteiger partial charge is 0.493 e. The Kier molecular flexibility index (Phi) is 7.30. The van der Waals surface area contributed by atoms with Crippen LogP contribution in [0, 0.1) is 26.7 Å². The molecule has 5 nitrogen and oxygen atoms in total. The Labute approximate surface area is 213 Å². The summed E-state index contributed by atoms with van der Waals surface area (Å²) in [5.74, 6) is -2.00. The number of carbonyl (C=O) groups excluding carboxylic acids is 1. The van der Waals surface area contributed by atoms with E-state index >= 15 is 0 Å². The number of alkyl halides is 3. The lowest BCUT2D eigenvalue weighted by Gasteiger charge is -2.19. The number of nitrogens with one attached hydrogen (secondary N) is 1. The highest BCUT2D eigenvalue weighted by Crippen LogP contribution is 2.49. The summed E-state index contributed by atoms with van der Waals surface area (Å²) in [6.07, 6.45) is -3.62. The first kappa shape index (κ1) is 26.3. The van der Waals surface area contributed by atoms with Gasteiger partial charge in [-0.25, -0.2) is 0 Å². The molecule has 8 heteroatoms. The van der Waals surface area contributed by atoms with Crippen LogP contribution in [0.4, 0.5) is 18.9 Å². The first-order valence-corrected chi connectivity index (χ1v) is 12.0. The van der Waals surface area contributed by atoms with Gasteiger partial charge in [0, 0.05) is 12.0 Å². The van der Waals surface area contributed by atoms with Crippen LogP contribution in [-0.2, 0) is 17.4 Å². The Morgan fingerprint density at radius 1 is 1.03 bits per heavy atom. The second kappa shape index (κ2) is 10.3. The van der Waals surface area contributed by atoms with Crippen molar-refractivity contribution in [2.75, 3.05) is 11.9 Å². The number of benzene rings is 3. The SMILES string of the molecule is Cc1cc(C(=O)Nc2cc([C@H]3C[C@H]3C(=O)O)ccc2C(F)(F)F)c(C)c(C)c1OCCc1ccccc1. The summed E-state index contributed by atoms with van der Waals surface area (Å²) in [5, 5.41) is 11.6. The number of anilines is 1. The third kappa shape index (κ3) is 5.79. The standard InChI is InChI=1S/C29H28F3NO4/c1-16-13-21(17(2)18(3)26(16)37-12-11-19-7-5-4-6-8-19)27(34)33-25-14-20(22-15-23(22)28(35)36)9-10-24(25)29(30,31)32/h4-10,13-14,22-23H,11-12,15H2,1-3H3,(H,33,34)(H,35,36)/t22-,23-/m1/s1. The van der Waals surface area contributed by atoms with Crippen LogP contribution in [0.3, 0.4) is 0 Å². The summed E-state index contributed by atoms with van der Waals surface area (Å²) in [6, 6.07) is 14.9. The Morgan fingerprint density at radius 3 is 2.35 bits per heavy atom. The summed E-state index contributed by atoms with van der Waals surface area (Å²) < 4.78 is 47.1. The third-order valence-corrected chi connectivity index (χ3v) is 6.88. The first-order valence-electron chi connectivity index (χ1n) is 12.0. The van der Waals surface area contributed by atoms with Gasteiger partial charge in [0.05, 0.1) is 23.8 Å². The number of ether oxygens (including phenoxy) is 1. The molecule has 0 saturated heterocycles. The van der Waals surface area contributed by atoms with E-state index in [1.54, 1.807) is 19.9 Å². The van der Waals surface area contributed by atoms with Crippen molar-refractivity contribution >= 4 is 17.6 Å². The van der Waals surface area contributed by atoms with Crippen molar-refractivity contribution in [2.45, 2.75) is 45.7 Å². The highest BCUT2D eigenvalue weighted by atomic mass is 19.4. The molecule has 0 unspecified atom stereocenters. The molecule has 0 spiro atoms. The van der Waals surface area contributed by atoms with Crippen LogP contribution in [0.2, 0.25) is 0 Å². The molecule has 1 aliphatic rings. The smallest absolute Gasteiger partial charge is 0.418 e. The van der Waals surface area contributed by atoms with Crippen molar-refractivity contribution in [2.24, 2.45) is 5.92 Å².